The van der Waals surface area contributed by atoms with Crippen molar-refractivity contribution in [1.29, 1.82) is 0 Å². The quantitative estimate of drug-likeness (QED) is 0.142. The molecule has 6 aromatic carbocycles. The van der Waals surface area contributed by atoms with Crippen molar-refractivity contribution in [2.75, 3.05) is 0 Å². The molecule has 0 heteroatoms. The number of fused-ring (bicyclic) bond motifs is 12. The highest BCUT2D eigenvalue weighted by Gasteiger charge is 2.23. The minimum absolute atomic E-state index is 0.0322. The molecule has 0 atom stereocenters. The van der Waals surface area contributed by atoms with Crippen LogP contribution >= 0.6 is 0 Å². The van der Waals surface area contributed by atoms with Crippen LogP contribution in [0, 0.1) is 0 Å². The molecular formula is C66H84. The van der Waals surface area contributed by atoms with Gasteiger partial charge in [-0.05, 0) is 171 Å². The van der Waals surface area contributed by atoms with Crippen molar-refractivity contribution in [1.82, 2.24) is 0 Å². The number of hydrogen-bond acceptors (Lipinski definition) is 0. The van der Waals surface area contributed by atoms with Crippen LogP contribution in [0.25, 0.3) is 0 Å². The predicted molar refractivity (Wildman–Crippen MR) is 288 cm³/mol. The van der Waals surface area contributed by atoms with E-state index in [0.29, 0.717) is 0 Å². The lowest BCUT2D eigenvalue weighted by Gasteiger charge is -2.25. The van der Waals surface area contributed by atoms with Crippen molar-refractivity contribution in [3.8, 4) is 0 Å². The van der Waals surface area contributed by atoms with Gasteiger partial charge in [0, 0.05) is 0 Å². The van der Waals surface area contributed by atoms with Crippen LogP contribution in [0.2, 0.25) is 0 Å². The van der Waals surface area contributed by atoms with Crippen LogP contribution in [0.5, 0.6) is 0 Å². The van der Waals surface area contributed by atoms with Gasteiger partial charge < -0.3 is 0 Å². The third kappa shape index (κ3) is 12.4. The molecule has 12 bridgehead atoms. The Kier molecular flexibility index (Phi) is 13.2. The fourth-order valence-corrected chi connectivity index (χ4v) is 9.81. The second kappa shape index (κ2) is 17.8. The van der Waals surface area contributed by atoms with Gasteiger partial charge in [0.25, 0.3) is 0 Å². The monoisotopic (exact) mass is 877 g/mol. The third-order valence-corrected chi connectivity index (χ3v) is 14.0. The molecule has 0 amide bonds. The number of benzene rings is 6. The van der Waals surface area contributed by atoms with Crippen molar-refractivity contribution in [2.24, 2.45) is 0 Å². The minimum Gasteiger partial charge on any atom is -0.0561 e. The molecule has 0 heterocycles. The number of hydrogen-bond donors (Lipinski definition) is 0. The molecule has 0 aliphatic heterocycles. The van der Waals surface area contributed by atoms with Gasteiger partial charge in [0.15, 0.2) is 0 Å². The van der Waals surface area contributed by atoms with E-state index in [9.17, 15) is 0 Å². The van der Waals surface area contributed by atoms with Crippen LogP contribution in [-0.4, -0.2) is 0 Å². The van der Waals surface area contributed by atoms with Crippen LogP contribution in [-0.2, 0) is 71.0 Å². The van der Waals surface area contributed by atoms with E-state index in [4.69, 9.17) is 0 Å². The molecule has 0 aromatic heterocycles. The Hall–Kier alpha value is -4.68. The average molecular weight is 877 g/mol. The molecule has 7 rings (SSSR count). The lowest BCUT2D eigenvalue weighted by molar-refractivity contribution is 0.587. The Morgan fingerprint density at radius 2 is 0.258 bits per heavy atom. The van der Waals surface area contributed by atoms with Crippen LogP contribution < -0.4 is 0 Å². The molecule has 0 saturated heterocycles. The van der Waals surface area contributed by atoms with Gasteiger partial charge in [-0.25, -0.2) is 0 Å². The molecule has 0 spiro atoms. The second-order valence-corrected chi connectivity index (χ2v) is 26.8. The summed E-state index contributed by atoms with van der Waals surface area (Å²) in [5, 5.41) is 0. The molecule has 0 unspecified atom stereocenters. The zero-order chi connectivity index (χ0) is 48.4. The van der Waals surface area contributed by atoms with Gasteiger partial charge in [-0.3, -0.25) is 0 Å². The van der Waals surface area contributed by atoms with Crippen LogP contribution in [0.3, 0.4) is 0 Å². The summed E-state index contributed by atoms with van der Waals surface area (Å²) in [6.07, 6.45) is 5.46. The maximum atomic E-state index is 2.51. The Balaban J connectivity index is 1.47. The maximum absolute atomic E-state index is 2.51. The van der Waals surface area contributed by atoms with Crippen LogP contribution in [0.15, 0.2) is 109 Å². The van der Waals surface area contributed by atoms with Crippen molar-refractivity contribution in [3.05, 3.63) is 209 Å². The highest BCUT2D eigenvalue weighted by atomic mass is 14.3. The highest BCUT2D eigenvalue weighted by Crippen LogP contribution is 2.35. The van der Waals surface area contributed by atoms with E-state index in [1.165, 1.54) is 100 Å². The smallest absolute Gasteiger partial charge is 0.00254 e. The van der Waals surface area contributed by atoms with Crippen LogP contribution in [0.4, 0.5) is 0 Å². The fourth-order valence-electron chi connectivity index (χ4n) is 9.81. The average Bonchev–Trinajstić information content (AvgIpc) is 3.15. The second-order valence-electron chi connectivity index (χ2n) is 26.8. The first-order valence-electron chi connectivity index (χ1n) is 25.1. The van der Waals surface area contributed by atoms with Gasteiger partial charge in [0.05, 0.1) is 0 Å². The summed E-state index contributed by atoms with van der Waals surface area (Å²) in [6, 6.07) is 45.0. The van der Waals surface area contributed by atoms with E-state index in [0.717, 1.165) is 38.5 Å². The molecule has 0 saturated carbocycles. The molecule has 66 heavy (non-hydrogen) atoms. The summed E-state index contributed by atoms with van der Waals surface area (Å²) in [7, 11) is 0. The van der Waals surface area contributed by atoms with Gasteiger partial charge in [-0.2, -0.15) is 0 Å². The van der Waals surface area contributed by atoms with Crippen LogP contribution in [0.1, 0.15) is 225 Å². The van der Waals surface area contributed by atoms with Crippen molar-refractivity contribution in [3.63, 3.8) is 0 Å². The first kappa shape index (κ1) is 49.2. The van der Waals surface area contributed by atoms with Gasteiger partial charge >= 0.3 is 0 Å². The summed E-state index contributed by atoms with van der Waals surface area (Å²) < 4.78 is 0. The first-order valence-corrected chi connectivity index (χ1v) is 25.1. The van der Waals surface area contributed by atoms with Gasteiger partial charge in [0.1, 0.15) is 0 Å². The molecule has 348 valence electrons. The van der Waals surface area contributed by atoms with E-state index >= 15 is 0 Å². The minimum atomic E-state index is 0.0322. The predicted octanol–water partition coefficient (Wildman–Crippen LogP) is 17.3. The summed E-state index contributed by atoms with van der Waals surface area (Å²) in [4.78, 5) is 0. The molecule has 0 fully saturated rings. The van der Waals surface area contributed by atoms with E-state index in [1.807, 2.05) is 0 Å². The lowest BCUT2D eigenvalue weighted by atomic mass is 9.80. The summed E-state index contributed by atoms with van der Waals surface area (Å²) in [5.74, 6) is 0. The van der Waals surface area contributed by atoms with E-state index in [2.05, 4.69) is 234 Å². The molecule has 0 radical (unpaired) electrons. The zero-order valence-corrected chi connectivity index (χ0v) is 44.6. The largest absolute Gasteiger partial charge is 0.0561 e. The first-order chi connectivity index (χ1) is 30.3. The van der Waals surface area contributed by atoms with Gasteiger partial charge in [0.2, 0.25) is 0 Å². The maximum Gasteiger partial charge on any atom is -0.00254 e. The number of rotatable bonds is 0. The van der Waals surface area contributed by atoms with E-state index in [1.54, 1.807) is 0 Å². The van der Waals surface area contributed by atoms with Crippen molar-refractivity contribution < 1.29 is 0 Å². The van der Waals surface area contributed by atoms with Gasteiger partial charge in [-0.1, -0.05) is 234 Å². The Bertz CT molecular complexity index is 2110. The molecular weight excluding hydrogens is 793 g/mol. The molecule has 0 N–H and O–H groups in total. The summed E-state index contributed by atoms with van der Waals surface area (Å²) in [6.45, 7) is 42.6. The molecule has 0 nitrogen and oxygen atoms in total. The summed E-state index contributed by atoms with van der Waals surface area (Å²) >= 11 is 0. The lowest BCUT2D eigenvalue weighted by Crippen LogP contribution is -2.15. The standard InChI is InChI=1S/C66H84/c1-61(2,3)55-31-43-19-44(32-55)26-46-21-48(36-57(34-46)63(7,8)9)28-50-23-52(40-59(38-50)65(13,14)15)30-54-24-53(41-60(42-54)66(16,17)18)29-51-22-49(37-58(39-51)64(10,11)12)27-47-20-45(25-43)33-56(35-47)62(4,5)6/h19-24,31-42H,25-30H2,1-18H3. The van der Waals surface area contributed by atoms with Crippen molar-refractivity contribution in [2.45, 2.75) is 196 Å². The molecule has 1 aliphatic carbocycles. The SMILES string of the molecule is CC(C)(C)c1cc2cc(c1)Cc1cc(cc(C(C)(C)C)c1)Cc1cc(cc(C(C)(C)C)c1)Cc1cc(cc(C(C)(C)C)c1)Cc1cc(cc(C(C)(C)C)c1)Cc1cc(cc(C(C)(C)C)c1)C2. The highest BCUT2D eigenvalue weighted by molar-refractivity contribution is 5.48. The summed E-state index contributed by atoms with van der Waals surface area (Å²) in [5.41, 5.74) is 25.5. The molecule has 6 aromatic rings. The van der Waals surface area contributed by atoms with E-state index < -0.39 is 0 Å². The van der Waals surface area contributed by atoms with Gasteiger partial charge in [-0.15, -0.1) is 0 Å². The Labute approximate surface area is 403 Å². The van der Waals surface area contributed by atoms with E-state index in [-0.39, 0.29) is 32.5 Å². The molecule has 1 aliphatic rings. The van der Waals surface area contributed by atoms with Crippen molar-refractivity contribution >= 4 is 0 Å². The normalized spacial score (nSPS) is 14.5. The Morgan fingerprint density at radius 1 is 0.167 bits per heavy atom. The topological polar surface area (TPSA) is 0 Å². The third-order valence-electron chi connectivity index (χ3n) is 14.0. The Morgan fingerprint density at radius 3 is 0.333 bits per heavy atom. The zero-order valence-electron chi connectivity index (χ0n) is 44.6. The fraction of sp³-hybridized carbons (Fsp3) is 0.455.